The van der Waals surface area contributed by atoms with Gasteiger partial charge in [0.25, 0.3) is 0 Å². The lowest BCUT2D eigenvalue weighted by molar-refractivity contribution is -0.124. The third kappa shape index (κ3) is 1.99. The van der Waals surface area contributed by atoms with Crippen molar-refractivity contribution in [2.45, 2.75) is 51.0 Å². The normalized spacial score (nSPS) is 44.7. The predicted molar refractivity (Wildman–Crippen MR) is 67.3 cm³/mol. The Labute approximate surface area is 104 Å². The molecule has 0 radical (unpaired) electrons. The van der Waals surface area contributed by atoms with Crippen LogP contribution in [0.15, 0.2) is 0 Å². The van der Waals surface area contributed by atoms with Crippen molar-refractivity contribution in [3.05, 3.63) is 0 Å². The summed E-state index contributed by atoms with van der Waals surface area (Å²) in [6.07, 6.45) is 9.28. The molecule has 0 unspecified atom stereocenters. The van der Waals surface area contributed by atoms with Crippen molar-refractivity contribution in [1.29, 1.82) is 0 Å². The SMILES string of the molecule is CNC(=O)[C@@H](N)CC12CC3CC(CC(C3)C1)C2. The molecule has 1 amide bonds. The molecule has 3 nitrogen and oxygen atoms in total. The number of amides is 1. The van der Waals surface area contributed by atoms with Gasteiger partial charge in [0, 0.05) is 7.05 Å². The highest BCUT2D eigenvalue weighted by Gasteiger charge is 2.51. The van der Waals surface area contributed by atoms with Crippen LogP contribution < -0.4 is 11.1 Å². The second-order valence-electron chi connectivity index (χ2n) is 6.84. The zero-order valence-corrected chi connectivity index (χ0v) is 10.7. The summed E-state index contributed by atoms with van der Waals surface area (Å²) >= 11 is 0. The monoisotopic (exact) mass is 236 g/mol. The lowest BCUT2D eigenvalue weighted by Gasteiger charge is -2.57. The Balaban J connectivity index is 1.72. The Morgan fingerprint density at radius 2 is 1.71 bits per heavy atom. The fraction of sp³-hybridized carbons (Fsp3) is 0.929. The maximum absolute atomic E-state index is 11.6. The predicted octanol–water partition coefficient (Wildman–Crippen LogP) is 1.67. The summed E-state index contributed by atoms with van der Waals surface area (Å²) in [4.78, 5) is 11.6. The van der Waals surface area contributed by atoms with Gasteiger partial charge in [0.05, 0.1) is 6.04 Å². The van der Waals surface area contributed by atoms with Crippen LogP contribution in [0.2, 0.25) is 0 Å². The van der Waals surface area contributed by atoms with E-state index in [9.17, 15) is 4.79 Å². The van der Waals surface area contributed by atoms with Gasteiger partial charge in [-0.2, -0.15) is 0 Å². The molecule has 17 heavy (non-hydrogen) atoms. The highest BCUT2D eigenvalue weighted by Crippen LogP contribution is 2.61. The van der Waals surface area contributed by atoms with Crippen molar-refractivity contribution in [1.82, 2.24) is 5.32 Å². The van der Waals surface area contributed by atoms with Gasteiger partial charge >= 0.3 is 0 Å². The van der Waals surface area contributed by atoms with Crippen molar-refractivity contribution in [3.63, 3.8) is 0 Å². The second kappa shape index (κ2) is 3.98. The van der Waals surface area contributed by atoms with Crippen molar-refractivity contribution >= 4 is 5.91 Å². The van der Waals surface area contributed by atoms with E-state index in [2.05, 4.69) is 5.32 Å². The number of carbonyl (C=O) groups excluding carboxylic acids is 1. The second-order valence-corrected chi connectivity index (χ2v) is 6.84. The molecule has 1 atom stereocenters. The van der Waals surface area contributed by atoms with E-state index >= 15 is 0 Å². The molecule has 0 aromatic carbocycles. The van der Waals surface area contributed by atoms with Gasteiger partial charge in [-0.3, -0.25) is 4.79 Å². The van der Waals surface area contributed by atoms with Crippen LogP contribution in [-0.4, -0.2) is 19.0 Å². The van der Waals surface area contributed by atoms with Crippen molar-refractivity contribution in [2.75, 3.05) is 7.05 Å². The highest BCUT2D eigenvalue weighted by atomic mass is 16.2. The summed E-state index contributed by atoms with van der Waals surface area (Å²) in [6, 6.07) is -0.295. The average molecular weight is 236 g/mol. The lowest BCUT2D eigenvalue weighted by Crippen LogP contribution is -2.50. The Bertz CT molecular complexity index is 291. The van der Waals surface area contributed by atoms with Crippen molar-refractivity contribution in [3.8, 4) is 0 Å². The third-order valence-corrected chi connectivity index (χ3v) is 5.40. The number of nitrogens with two attached hydrogens (primary N) is 1. The molecule has 4 bridgehead atoms. The molecule has 0 aliphatic heterocycles. The van der Waals surface area contributed by atoms with E-state index in [1.54, 1.807) is 7.05 Å². The van der Waals surface area contributed by atoms with E-state index in [-0.39, 0.29) is 11.9 Å². The summed E-state index contributed by atoms with van der Waals surface area (Å²) in [5.74, 6) is 2.84. The van der Waals surface area contributed by atoms with Crippen LogP contribution in [0.3, 0.4) is 0 Å². The molecule has 4 saturated carbocycles. The topological polar surface area (TPSA) is 55.1 Å². The molecular weight excluding hydrogens is 212 g/mol. The highest BCUT2D eigenvalue weighted by molar-refractivity contribution is 5.81. The van der Waals surface area contributed by atoms with Gasteiger partial charge in [0.15, 0.2) is 0 Å². The summed E-state index contributed by atoms with van der Waals surface area (Å²) < 4.78 is 0. The largest absolute Gasteiger partial charge is 0.358 e. The van der Waals surface area contributed by atoms with Crippen LogP contribution in [0, 0.1) is 23.2 Å². The first-order chi connectivity index (χ1) is 8.10. The molecule has 4 aliphatic rings. The Hall–Kier alpha value is -0.570. The summed E-state index contributed by atoms with van der Waals surface area (Å²) in [6.45, 7) is 0. The molecule has 3 N–H and O–H groups in total. The van der Waals surface area contributed by atoms with E-state index in [0.29, 0.717) is 5.41 Å². The molecule has 4 aliphatic carbocycles. The van der Waals surface area contributed by atoms with E-state index in [1.807, 2.05) is 0 Å². The fourth-order valence-corrected chi connectivity index (χ4v) is 5.28. The lowest BCUT2D eigenvalue weighted by atomic mass is 9.48. The molecule has 3 heteroatoms. The third-order valence-electron chi connectivity index (χ3n) is 5.40. The first kappa shape index (κ1) is 11.5. The minimum Gasteiger partial charge on any atom is -0.358 e. The molecule has 0 aromatic heterocycles. The van der Waals surface area contributed by atoms with Crippen LogP contribution in [-0.2, 0) is 4.79 Å². The number of rotatable bonds is 3. The van der Waals surface area contributed by atoms with Crippen molar-refractivity contribution in [2.24, 2.45) is 28.9 Å². The van der Waals surface area contributed by atoms with Crippen LogP contribution in [0.5, 0.6) is 0 Å². The van der Waals surface area contributed by atoms with Gasteiger partial charge in [-0.15, -0.1) is 0 Å². The quantitative estimate of drug-likeness (QED) is 0.783. The molecular formula is C14H24N2O. The van der Waals surface area contributed by atoms with Crippen molar-refractivity contribution < 1.29 is 4.79 Å². The number of nitrogens with one attached hydrogen (secondary N) is 1. The van der Waals surface area contributed by atoms with E-state index in [0.717, 1.165) is 24.2 Å². The maximum Gasteiger partial charge on any atom is 0.236 e. The molecule has 4 rings (SSSR count). The van der Waals surface area contributed by atoms with E-state index in [1.165, 1.54) is 38.5 Å². The number of hydrogen-bond acceptors (Lipinski definition) is 2. The molecule has 96 valence electrons. The van der Waals surface area contributed by atoms with Crippen LogP contribution >= 0.6 is 0 Å². The standard InChI is InChI=1S/C14H24N2O/c1-16-13(17)12(15)8-14-5-9-2-10(6-14)4-11(3-9)7-14/h9-12H,2-8,15H2,1H3,(H,16,17)/t9?,10?,11?,12-,14?/m0/s1. The van der Waals surface area contributed by atoms with Gasteiger partial charge in [-0.1, -0.05) is 0 Å². The summed E-state index contributed by atoms with van der Waals surface area (Å²) in [7, 11) is 1.68. The van der Waals surface area contributed by atoms with Gasteiger partial charge in [-0.05, 0) is 68.1 Å². The molecule has 0 heterocycles. The van der Waals surface area contributed by atoms with Gasteiger partial charge in [0.2, 0.25) is 5.91 Å². The first-order valence-electron chi connectivity index (χ1n) is 7.07. The van der Waals surface area contributed by atoms with Gasteiger partial charge < -0.3 is 11.1 Å². The average Bonchev–Trinajstić information content (AvgIpc) is 2.25. The van der Waals surface area contributed by atoms with Gasteiger partial charge in [0.1, 0.15) is 0 Å². The Kier molecular flexibility index (Phi) is 2.69. The number of likely N-dealkylation sites (N-methyl/N-ethyl adjacent to an activating group) is 1. The van der Waals surface area contributed by atoms with E-state index in [4.69, 9.17) is 5.73 Å². The molecule has 0 aromatic rings. The summed E-state index contributed by atoms with van der Waals surface area (Å²) in [5, 5.41) is 2.68. The van der Waals surface area contributed by atoms with E-state index < -0.39 is 0 Å². The maximum atomic E-state index is 11.6. The zero-order chi connectivity index (χ0) is 12.0. The number of hydrogen-bond donors (Lipinski definition) is 2. The van der Waals surface area contributed by atoms with Crippen LogP contribution in [0.4, 0.5) is 0 Å². The Morgan fingerprint density at radius 1 is 1.24 bits per heavy atom. The van der Waals surface area contributed by atoms with Gasteiger partial charge in [-0.25, -0.2) is 0 Å². The fourth-order valence-electron chi connectivity index (χ4n) is 5.28. The minimum absolute atomic E-state index is 0.0146. The molecule has 0 saturated heterocycles. The molecule has 4 fully saturated rings. The number of carbonyl (C=O) groups is 1. The van der Waals surface area contributed by atoms with Crippen LogP contribution in [0.25, 0.3) is 0 Å². The smallest absolute Gasteiger partial charge is 0.236 e. The first-order valence-corrected chi connectivity index (χ1v) is 7.07. The summed E-state index contributed by atoms with van der Waals surface area (Å²) in [5.41, 5.74) is 6.45. The minimum atomic E-state index is -0.295. The molecule has 0 spiro atoms. The zero-order valence-electron chi connectivity index (χ0n) is 10.7. The Morgan fingerprint density at radius 3 is 2.12 bits per heavy atom. The van der Waals surface area contributed by atoms with Crippen LogP contribution in [0.1, 0.15) is 44.9 Å².